The second kappa shape index (κ2) is 4.87. The molecule has 0 unspecified atom stereocenters. The lowest BCUT2D eigenvalue weighted by atomic mass is 10.2. The van der Waals surface area contributed by atoms with Gasteiger partial charge in [-0.1, -0.05) is 0 Å². The van der Waals surface area contributed by atoms with Crippen LogP contribution in [0.15, 0.2) is 0 Å². The minimum atomic E-state index is -2.87. The molecule has 0 spiro atoms. The molecule has 0 bridgehead atoms. The minimum Gasteiger partial charge on any atom is -0.373 e. The molecule has 1 saturated carbocycles. The van der Waals surface area contributed by atoms with Crippen molar-refractivity contribution < 1.29 is 8.42 Å². The lowest BCUT2D eigenvalue weighted by Crippen LogP contribution is -2.41. The SMILES string of the molecule is CNc1nc(C2CC2)nc(N2CCS(=O)(=O)CC2)c1C. The van der Waals surface area contributed by atoms with Crippen LogP contribution in [0.3, 0.4) is 0 Å². The Morgan fingerprint density at radius 1 is 1.20 bits per heavy atom. The Balaban J connectivity index is 1.93. The van der Waals surface area contributed by atoms with Gasteiger partial charge in [0.25, 0.3) is 0 Å². The molecule has 1 N–H and O–H groups in total. The number of hydrogen-bond acceptors (Lipinski definition) is 6. The van der Waals surface area contributed by atoms with Crippen LogP contribution in [0, 0.1) is 6.92 Å². The molecule has 1 aromatic rings. The zero-order valence-corrected chi connectivity index (χ0v) is 12.7. The second-order valence-electron chi connectivity index (χ2n) is 5.54. The summed E-state index contributed by atoms with van der Waals surface area (Å²) in [4.78, 5) is 11.3. The number of anilines is 2. The van der Waals surface area contributed by atoms with Gasteiger partial charge in [-0.2, -0.15) is 0 Å². The van der Waals surface area contributed by atoms with E-state index in [1.807, 2.05) is 14.0 Å². The van der Waals surface area contributed by atoms with E-state index in [0.717, 1.165) is 35.9 Å². The maximum atomic E-state index is 11.5. The Labute approximate surface area is 119 Å². The Morgan fingerprint density at radius 3 is 2.40 bits per heavy atom. The highest BCUT2D eigenvalue weighted by atomic mass is 32.2. The number of nitrogens with one attached hydrogen (secondary N) is 1. The fourth-order valence-electron chi connectivity index (χ4n) is 2.52. The molecule has 0 radical (unpaired) electrons. The summed E-state index contributed by atoms with van der Waals surface area (Å²) in [5, 5.41) is 3.12. The zero-order valence-electron chi connectivity index (χ0n) is 11.9. The Kier molecular flexibility index (Phi) is 3.32. The van der Waals surface area contributed by atoms with E-state index in [1.54, 1.807) is 0 Å². The molecule has 1 saturated heterocycles. The van der Waals surface area contributed by atoms with Crippen molar-refractivity contribution >= 4 is 21.5 Å². The Morgan fingerprint density at radius 2 is 1.85 bits per heavy atom. The molecular weight excluding hydrogens is 276 g/mol. The smallest absolute Gasteiger partial charge is 0.153 e. The molecule has 6 nitrogen and oxygen atoms in total. The van der Waals surface area contributed by atoms with Crippen LogP contribution in [-0.2, 0) is 9.84 Å². The maximum absolute atomic E-state index is 11.5. The third-order valence-electron chi connectivity index (χ3n) is 3.96. The van der Waals surface area contributed by atoms with Gasteiger partial charge in [0.1, 0.15) is 17.5 Å². The highest BCUT2D eigenvalue weighted by Gasteiger charge is 2.30. The summed E-state index contributed by atoms with van der Waals surface area (Å²) in [6.07, 6.45) is 2.31. The molecule has 1 aliphatic heterocycles. The highest BCUT2D eigenvalue weighted by Crippen LogP contribution is 2.40. The molecule has 1 aromatic heterocycles. The van der Waals surface area contributed by atoms with E-state index >= 15 is 0 Å². The topological polar surface area (TPSA) is 75.2 Å². The molecule has 3 rings (SSSR count). The summed E-state index contributed by atoms with van der Waals surface area (Å²) < 4.78 is 23.1. The Hall–Kier alpha value is -1.37. The van der Waals surface area contributed by atoms with Gasteiger partial charge in [0, 0.05) is 31.6 Å². The average Bonchev–Trinajstić information content (AvgIpc) is 3.24. The van der Waals surface area contributed by atoms with Crippen molar-refractivity contribution in [2.24, 2.45) is 0 Å². The fraction of sp³-hybridized carbons (Fsp3) is 0.692. The van der Waals surface area contributed by atoms with E-state index in [9.17, 15) is 8.42 Å². The van der Waals surface area contributed by atoms with E-state index in [-0.39, 0.29) is 11.5 Å². The van der Waals surface area contributed by atoms with Gasteiger partial charge in [-0.15, -0.1) is 0 Å². The Bertz CT molecular complexity index is 612. The monoisotopic (exact) mass is 296 g/mol. The third kappa shape index (κ3) is 2.59. The predicted octanol–water partition coefficient (Wildman–Crippen LogP) is 0.939. The van der Waals surface area contributed by atoms with Gasteiger partial charge in [0.2, 0.25) is 0 Å². The van der Waals surface area contributed by atoms with Gasteiger partial charge in [0.05, 0.1) is 11.5 Å². The van der Waals surface area contributed by atoms with Crippen molar-refractivity contribution in [3.8, 4) is 0 Å². The summed E-state index contributed by atoms with van der Waals surface area (Å²) in [7, 11) is -1.01. The van der Waals surface area contributed by atoms with Crippen molar-refractivity contribution in [3.05, 3.63) is 11.4 Å². The quantitative estimate of drug-likeness (QED) is 0.894. The largest absolute Gasteiger partial charge is 0.373 e. The van der Waals surface area contributed by atoms with Crippen LogP contribution in [0.25, 0.3) is 0 Å². The zero-order chi connectivity index (χ0) is 14.3. The highest BCUT2D eigenvalue weighted by molar-refractivity contribution is 7.91. The molecule has 2 heterocycles. The minimum absolute atomic E-state index is 0.212. The van der Waals surface area contributed by atoms with Crippen molar-refractivity contribution in [2.75, 3.05) is 41.9 Å². The van der Waals surface area contributed by atoms with Gasteiger partial charge in [0.15, 0.2) is 9.84 Å². The van der Waals surface area contributed by atoms with Crippen LogP contribution in [-0.4, -0.2) is 50.0 Å². The first-order valence-electron chi connectivity index (χ1n) is 7.02. The first kappa shape index (κ1) is 13.6. The van der Waals surface area contributed by atoms with Crippen LogP contribution in [0.2, 0.25) is 0 Å². The van der Waals surface area contributed by atoms with Crippen molar-refractivity contribution in [3.63, 3.8) is 0 Å². The van der Waals surface area contributed by atoms with Crippen molar-refractivity contribution in [1.29, 1.82) is 0 Å². The van der Waals surface area contributed by atoms with E-state index < -0.39 is 9.84 Å². The molecule has 20 heavy (non-hydrogen) atoms. The molecular formula is C13H20N4O2S. The van der Waals surface area contributed by atoms with Crippen LogP contribution < -0.4 is 10.2 Å². The van der Waals surface area contributed by atoms with E-state index in [0.29, 0.717) is 19.0 Å². The predicted molar refractivity (Wildman–Crippen MR) is 79.2 cm³/mol. The van der Waals surface area contributed by atoms with E-state index in [2.05, 4.69) is 15.2 Å². The molecule has 7 heteroatoms. The first-order valence-corrected chi connectivity index (χ1v) is 8.84. The maximum Gasteiger partial charge on any atom is 0.153 e. The lowest BCUT2D eigenvalue weighted by Gasteiger charge is -2.29. The fourth-order valence-corrected chi connectivity index (χ4v) is 3.72. The van der Waals surface area contributed by atoms with Crippen molar-refractivity contribution in [1.82, 2.24) is 9.97 Å². The summed E-state index contributed by atoms with van der Waals surface area (Å²) in [5.41, 5.74) is 0.996. The molecule has 0 atom stereocenters. The summed E-state index contributed by atoms with van der Waals surface area (Å²) in [5.74, 6) is 3.54. The molecule has 0 amide bonds. The molecule has 2 fully saturated rings. The van der Waals surface area contributed by atoms with Crippen LogP contribution in [0.4, 0.5) is 11.6 Å². The van der Waals surface area contributed by atoms with Crippen LogP contribution >= 0.6 is 0 Å². The molecule has 2 aliphatic rings. The van der Waals surface area contributed by atoms with E-state index in [1.165, 1.54) is 0 Å². The van der Waals surface area contributed by atoms with Crippen molar-refractivity contribution in [2.45, 2.75) is 25.7 Å². The normalized spacial score (nSPS) is 21.8. The summed E-state index contributed by atoms with van der Waals surface area (Å²) in [6, 6.07) is 0. The first-order chi connectivity index (χ1) is 9.50. The standard InChI is InChI=1S/C13H20N4O2S/c1-9-11(14-2)15-12(10-3-4-10)16-13(9)17-5-7-20(18,19)8-6-17/h10H,3-8H2,1-2H3,(H,14,15,16). The lowest BCUT2D eigenvalue weighted by molar-refractivity contribution is 0.586. The number of hydrogen-bond donors (Lipinski definition) is 1. The van der Waals surface area contributed by atoms with Gasteiger partial charge in [-0.25, -0.2) is 18.4 Å². The number of aromatic nitrogens is 2. The number of nitrogens with zero attached hydrogens (tertiary/aromatic N) is 3. The van der Waals surface area contributed by atoms with E-state index in [4.69, 9.17) is 4.98 Å². The van der Waals surface area contributed by atoms with Crippen LogP contribution in [0.1, 0.15) is 30.1 Å². The number of sulfone groups is 1. The number of rotatable bonds is 3. The summed E-state index contributed by atoms with van der Waals surface area (Å²) >= 11 is 0. The van der Waals surface area contributed by atoms with Gasteiger partial charge in [-0.3, -0.25) is 0 Å². The van der Waals surface area contributed by atoms with Crippen LogP contribution in [0.5, 0.6) is 0 Å². The summed E-state index contributed by atoms with van der Waals surface area (Å²) in [6.45, 7) is 3.03. The average molecular weight is 296 g/mol. The molecule has 1 aliphatic carbocycles. The third-order valence-corrected chi connectivity index (χ3v) is 5.57. The van der Waals surface area contributed by atoms with Gasteiger partial charge < -0.3 is 10.2 Å². The second-order valence-corrected chi connectivity index (χ2v) is 7.85. The molecule has 0 aromatic carbocycles. The molecule has 110 valence electrons. The van der Waals surface area contributed by atoms with Gasteiger partial charge >= 0.3 is 0 Å². The van der Waals surface area contributed by atoms with Gasteiger partial charge in [-0.05, 0) is 19.8 Å².